The van der Waals surface area contributed by atoms with Gasteiger partial charge in [0.15, 0.2) is 0 Å². The first-order chi connectivity index (χ1) is 4.22. The van der Waals surface area contributed by atoms with Crippen LogP contribution in [0.15, 0.2) is 0 Å². The van der Waals surface area contributed by atoms with Gasteiger partial charge in [0, 0.05) is 9.65 Å². The van der Waals surface area contributed by atoms with Gasteiger partial charge in [-0.15, -0.1) is 0 Å². The van der Waals surface area contributed by atoms with Crippen molar-refractivity contribution in [1.29, 1.82) is 0 Å². The molecule has 0 aromatic carbocycles. The summed E-state index contributed by atoms with van der Waals surface area (Å²) in [6.07, 6.45) is 3.73. The zero-order chi connectivity index (χ0) is 7.28. The first-order valence-corrected chi connectivity index (χ1v) is 5.33. The average molecular weight is 258 g/mol. The summed E-state index contributed by atoms with van der Waals surface area (Å²) < 4.78 is 0. The number of rotatable bonds is 4. The highest BCUT2D eigenvalue weighted by atomic mass is 79.9. The van der Waals surface area contributed by atoms with E-state index >= 15 is 0 Å². The fourth-order valence-electron chi connectivity index (χ4n) is 0.712. The van der Waals surface area contributed by atoms with E-state index in [1.165, 1.54) is 19.3 Å². The lowest BCUT2D eigenvalue weighted by molar-refractivity contribution is 0.703. The van der Waals surface area contributed by atoms with Crippen molar-refractivity contribution in [3.8, 4) is 0 Å². The van der Waals surface area contributed by atoms with Crippen LogP contribution in [0.1, 0.15) is 33.1 Å². The second-order valence-corrected chi connectivity index (χ2v) is 4.58. The van der Waals surface area contributed by atoms with Crippen molar-refractivity contribution in [3.63, 3.8) is 0 Å². The molecule has 0 heterocycles. The summed E-state index contributed by atoms with van der Waals surface area (Å²) in [6, 6.07) is 0. The minimum Gasteiger partial charge on any atom is -0.0879 e. The van der Waals surface area contributed by atoms with Crippen LogP contribution in [0.25, 0.3) is 0 Å². The molecule has 9 heavy (non-hydrogen) atoms. The number of hydrogen-bond acceptors (Lipinski definition) is 0. The van der Waals surface area contributed by atoms with Gasteiger partial charge in [-0.1, -0.05) is 52.1 Å². The van der Waals surface area contributed by atoms with Gasteiger partial charge in [-0.05, 0) is 12.8 Å². The number of alkyl halides is 2. The Kier molecular flexibility index (Phi) is 6.33. The number of halogens is 2. The van der Waals surface area contributed by atoms with E-state index in [4.69, 9.17) is 0 Å². The van der Waals surface area contributed by atoms with Gasteiger partial charge < -0.3 is 0 Å². The Labute approximate surface area is 74.7 Å². The highest BCUT2D eigenvalue weighted by molar-refractivity contribution is 9.12. The van der Waals surface area contributed by atoms with Gasteiger partial charge in [0.25, 0.3) is 0 Å². The van der Waals surface area contributed by atoms with Crippen molar-refractivity contribution >= 4 is 31.9 Å². The summed E-state index contributed by atoms with van der Waals surface area (Å²) in [4.78, 5) is 1.31. The summed E-state index contributed by atoms with van der Waals surface area (Å²) in [6.45, 7) is 4.41. The maximum Gasteiger partial charge on any atom is 0.0270 e. The molecule has 56 valence electrons. The minimum absolute atomic E-state index is 0.650. The topological polar surface area (TPSA) is 0 Å². The zero-order valence-corrected chi connectivity index (χ0v) is 9.20. The zero-order valence-electron chi connectivity index (χ0n) is 6.03. The number of hydrogen-bond donors (Lipinski definition) is 0. The van der Waals surface area contributed by atoms with Gasteiger partial charge in [-0.2, -0.15) is 0 Å². The lowest BCUT2D eigenvalue weighted by Crippen LogP contribution is -2.11. The van der Waals surface area contributed by atoms with E-state index in [1.807, 2.05) is 0 Å². The monoisotopic (exact) mass is 256 g/mol. The molecular formula is C7H14Br2. The molecule has 0 aromatic heterocycles. The minimum atomic E-state index is 0.650. The maximum absolute atomic E-state index is 3.62. The molecule has 0 aliphatic rings. The summed E-state index contributed by atoms with van der Waals surface area (Å²) >= 11 is 7.21. The third-order valence-corrected chi connectivity index (χ3v) is 4.44. The van der Waals surface area contributed by atoms with Crippen LogP contribution in [0.3, 0.4) is 0 Å². The van der Waals surface area contributed by atoms with Crippen LogP contribution < -0.4 is 0 Å². The van der Waals surface area contributed by atoms with E-state index in [2.05, 4.69) is 45.7 Å². The molecule has 0 N–H and O–H groups in total. The Morgan fingerprint density at radius 2 is 1.67 bits per heavy atom. The van der Waals surface area contributed by atoms with E-state index in [1.54, 1.807) is 0 Å². The first kappa shape index (κ1) is 9.96. The Morgan fingerprint density at radius 1 is 1.11 bits per heavy atom. The van der Waals surface area contributed by atoms with Crippen LogP contribution in [0.2, 0.25) is 0 Å². The molecule has 0 radical (unpaired) electrons. The van der Waals surface area contributed by atoms with Crippen molar-refractivity contribution in [1.82, 2.24) is 0 Å². The normalized spacial score (nSPS) is 17.3. The second kappa shape index (κ2) is 5.72. The third-order valence-electron chi connectivity index (χ3n) is 1.35. The van der Waals surface area contributed by atoms with Gasteiger partial charge in [0.05, 0.1) is 0 Å². The van der Waals surface area contributed by atoms with Gasteiger partial charge >= 0.3 is 0 Å². The third kappa shape index (κ3) is 4.38. The second-order valence-electron chi connectivity index (χ2n) is 2.23. The molecule has 0 unspecified atom stereocenters. The van der Waals surface area contributed by atoms with E-state index < -0.39 is 0 Å². The molecule has 0 rings (SSSR count). The fourth-order valence-corrected chi connectivity index (χ4v) is 1.81. The lowest BCUT2D eigenvalue weighted by Gasteiger charge is -2.12. The quantitative estimate of drug-likeness (QED) is 0.674. The van der Waals surface area contributed by atoms with Crippen molar-refractivity contribution in [3.05, 3.63) is 0 Å². The molecule has 2 atom stereocenters. The predicted molar refractivity (Wildman–Crippen MR) is 50.6 cm³/mol. The molecule has 0 fully saturated rings. The van der Waals surface area contributed by atoms with Crippen LogP contribution >= 0.6 is 31.9 Å². The molecule has 0 aromatic rings. The van der Waals surface area contributed by atoms with Crippen LogP contribution in [-0.2, 0) is 0 Å². The Hall–Kier alpha value is 0.960. The van der Waals surface area contributed by atoms with Gasteiger partial charge in [-0.25, -0.2) is 0 Å². The Balaban J connectivity index is 3.32. The SMILES string of the molecule is CCC[C@@H](Br)[C@@H](Br)CC. The largest absolute Gasteiger partial charge is 0.0879 e. The molecule has 0 saturated carbocycles. The molecule has 0 amide bonds. The van der Waals surface area contributed by atoms with Crippen LogP contribution in [0.5, 0.6) is 0 Å². The summed E-state index contributed by atoms with van der Waals surface area (Å²) in [5.74, 6) is 0. The highest BCUT2D eigenvalue weighted by Gasteiger charge is 2.11. The molecule has 0 bridgehead atoms. The van der Waals surface area contributed by atoms with Crippen molar-refractivity contribution in [2.45, 2.75) is 42.8 Å². The van der Waals surface area contributed by atoms with E-state index in [-0.39, 0.29) is 0 Å². The molecule has 2 heteroatoms. The Morgan fingerprint density at radius 3 is 2.00 bits per heavy atom. The van der Waals surface area contributed by atoms with Crippen molar-refractivity contribution in [2.75, 3.05) is 0 Å². The molecule has 0 spiro atoms. The van der Waals surface area contributed by atoms with E-state index in [0.29, 0.717) is 9.65 Å². The maximum atomic E-state index is 3.62. The van der Waals surface area contributed by atoms with Gasteiger partial charge in [-0.3, -0.25) is 0 Å². The fraction of sp³-hybridized carbons (Fsp3) is 1.00. The van der Waals surface area contributed by atoms with E-state index in [9.17, 15) is 0 Å². The molecule has 0 aliphatic carbocycles. The van der Waals surface area contributed by atoms with Gasteiger partial charge in [0.2, 0.25) is 0 Å². The molecule has 0 nitrogen and oxygen atoms in total. The summed E-state index contributed by atoms with van der Waals surface area (Å²) in [5.41, 5.74) is 0. The molecular weight excluding hydrogens is 244 g/mol. The predicted octanol–water partition coefficient (Wildman–Crippen LogP) is 3.72. The molecule has 0 aliphatic heterocycles. The summed E-state index contributed by atoms with van der Waals surface area (Å²) in [5, 5.41) is 0. The smallest absolute Gasteiger partial charge is 0.0270 e. The molecule has 0 saturated heterocycles. The van der Waals surface area contributed by atoms with Crippen molar-refractivity contribution in [2.24, 2.45) is 0 Å². The average Bonchev–Trinajstić information content (AvgIpc) is 1.87. The standard InChI is InChI=1S/C7H14Br2/c1-3-5-7(9)6(8)4-2/h6-7H,3-5H2,1-2H3/t6-,7+/m0/s1. The van der Waals surface area contributed by atoms with Crippen molar-refractivity contribution < 1.29 is 0 Å². The van der Waals surface area contributed by atoms with Crippen LogP contribution in [0, 0.1) is 0 Å². The summed E-state index contributed by atoms with van der Waals surface area (Å²) in [7, 11) is 0. The van der Waals surface area contributed by atoms with Crippen LogP contribution in [0.4, 0.5) is 0 Å². The lowest BCUT2D eigenvalue weighted by atomic mass is 10.2. The van der Waals surface area contributed by atoms with Crippen LogP contribution in [-0.4, -0.2) is 9.65 Å². The van der Waals surface area contributed by atoms with E-state index in [0.717, 1.165) is 0 Å². The van der Waals surface area contributed by atoms with Gasteiger partial charge in [0.1, 0.15) is 0 Å². The highest BCUT2D eigenvalue weighted by Crippen LogP contribution is 2.21. The Bertz CT molecular complexity index is 63.9. The first-order valence-electron chi connectivity index (χ1n) is 3.50.